The molecule has 64 valence electrons. The minimum absolute atomic E-state index is 1.18. The highest BCUT2D eigenvalue weighted by molar-refractivity contribution is 7.09. The Bertz CT molecular complexity index is 299. The van der Waals surface area contributed by atoms with Crippen molar-refractivity contribution in [2.45, 2.75) is 32.6 Å². The van der Waals surface area contributed by atoms with Crippen molar-refractivity contribution in [1.29, 1.82) is 0 Å². The third-order valence-electron chi connectivity index (χ3n) is 2.24. The maximum atomic E-state index is 4.48. The number of rotatable bonds is 1. The van der Waals surface area contributed by atoms with Crippen molar-refractivity contribution >= 4 is 16.9 Å². The standard InChI is InChI=1S/C10H13NS/c1-8-11-10(7-12-8)9-5-3-2-4-6-9/h5,7H,2-4,6H2,1H3. The molecule has 1 aromatic heterocycles. The van der Waals surface area contributed by atoms with E-state index in [9.17, 15) is 0 Å². The van der Waals surface area contributed by atoms with Crippen LogP contribution < -0.4 is 0 Å². The largest absolute Gasteiger partial charge is 0.242 e. The quantitative estimate of drug-likeness (QED) is 0.643. The number of thiazole rings is 1. The van der Waals surface area contributed by atoms with E-state index in [0.717, 1.165) is 0 Å². The molecular formula is C10H13NS. The lowest BCUT2D eigenvalue weighted by atomic mass is 9.98. The van der Waals surface area contributed by atoms with E-state index in [1.165, 1.54) is 42.0 Å². The number of aromatic nitrogens is 1. The Morgan fingerprint density at radius 2 is 2.33 bits per heavy atom. The van der Waals surface area contributed by atoms with Gasteiger partial charge in [-0.2, -0.15) is 0 Å². The van der Waals surface area contributed by atoms with Crippen molar-refractivity contribution in [3.63, 3.8) is 0 Å². The van der Waals surface area contributed by atoms with Gasteiger partial charge in [-0.3, -0.25) is 0 Å². The number of allylic oxidation sites excluding steroid dienone is 2. The summed E-state index contributed by atoms with van der Waals surface area (Å²) in [6, 6.07) is 0. The van der Waals surface area contributed by atoms with Crippen LogP contribution in [0.2, 0.25) is 0 Å². The molecule has 0 N–H and O–H groups in total. The van der Waals surface area contributed by atoms with Crippen LogP contribution in [0.25, 0.3) is 5.57 Å². The van der Waals surface area contributed by atoms with Crippen molar-refractivity contribution in [3.8, 4) is 0 Å². The molecule has 2 rings (SSSR count). The van der Waals surface area contributed by atoms with Gasteiger partial charge in [0.05, 0.1) is 10.7 Å². The van der Waals surface area contributed by atoms with Gasteiger partial charge in [0.25, 0.3) is 0 Å². The lowest BCUT2D eigenvalue weighted by Crippen LogP contribution is -1.91. The van der Waals surface area contributed by atoms with Gasteiger partial charge >= 0.3 is 0 Å². The highest BCUT2D eigenvalue weighted by Gasteiger charge is 2.08. The number of nitrogens with zero attached hydrogens (tertiary/aromatic N) is 1. The molecule has 0 aliphatic heterocycles. The van der Waals surface area contributed by atoms with Crippen molar-refractivity contribution < 1.29 is 0 Å². The predicted octanol–water partition coefficient (Wildman–Crippen LogP) is 3.41. The average Bonchev–Trinajstić information content (AvgIpc) is 2.54. The zero-order chi connectivity index (χ0) is 8.39. The van der Waals surface area contributed by atoms with Crippen molar-refractivity contribution in [1.82, 2.24) is 4.98 Å². The highest BCUT2D eigenvalue weighted by Crippen LogP contribution is 2.27. The first-order chi connectivity index (χ1) is 5.86. The van der Waals surface area contributed by atoms with Gasteiger partial charge in [0.2, 0.25) is 0 Å². The van der Waals surface area contributed by atoms with E-state index in [1.807, 2.05) is 0 Å². The molecule has 12 heavy (non-hydrogen) atoms. The van der Waals surface area contributed by atoms with Gasteiger partial charge in [0, 0.05) is 5.38 Å². The summed E-state index contributed by atoms with van der Waals surface area (Å²) in [6.45, 7) is 2.07. The summed E-state index contributed by atoms with van der Waals surface area (Å²) in [7, 11) is 0. The second kappa shape index (κ2) is 3.40. The molecule has 1 aliphatic carbocycles. The molecule has 0 saturated carbocycles. The molecular weight excluding hydrogens is 166 g/mol. The van der Waals surface area contributed by atoms with Gasteiger partial charge in [-0.15, -0.1) is 11.3 Å². The lowest BCUT2D eigenvalue weighted by molar-refractivity contribution is 0.740. The first kappa shape index (κ1) is 7.99. The van der Waals surface area contributed by atoms with Crippen molar-refractivity contribution in [3.05, 3.63) is 22.2 Å². The van der Waals surface area contributed by atoms with Gasteiger partial charge in [-0.1, -0.05) is 6.08 Å². The van der Waals surface area contributed by atoms with Crippen LogP contribution in [0.15, 0.2) is 11.5 Å². The fourth-order valence-corrected chi connectivity index (χ4v) is 2.22. The van der Waals surface area contributed by atoms with Crippen molar-refractivity contribution in [2.75, 3.05) is 0 Å². The van der Waals surface area contributed by atoms with E-state index < -0.39 is 0 Å². The molecule has 0 atom stereocenters. The van der Waals surface area contributed by atoms with Crippen molar-refractivity contribution in [2.24, 2.45) is 0 Å². The summed E-state index contributed by atoms with van der Waals surface area (Å²) < 4.78 is 0. The van der Waals surface area contributed by atoms with Crippen LogP contribution in [0.1, 0.15) is 36.4 Å². The van der Waals surface area contributed by atoms with E-state index in [-0.39, 0.29) is 0 Å². The van der Waals surface area contributed by atoms with E-state index in [2.05, 4.69) is 23.4 Å². The molecule has 1 heterocycles. The molecule has 0 unspecified atom stereocenters. The van der Waals surface area contributed by atoms with Crippen LogP contribution in [0.3, 0.4) is 0 Å². The SMILES string of the molecule is Cc1nc(C2=CCCCC2)cs1. The Kier molecular flexibility index (Phi) is 2.26. The molecule has 0 radical (unpaired) electrons. The smallest absolute Gasteiger partial charge is 0.0901 e. The maximum Gasteiger partial charge on any atom is 0.0901 e. The molecule has 1 aromatic rings. The van der Waals surface area contributed by atoms with Crippen LogP contribution in [-0.4, -0.2) is 4.98 Å². The van der Waals surface area contributed by atoms with Crippen LogP contribution in [0.4, 0.5) is 0 Å². The lowest BCUT2D eigenvalue weighted by Gasteiger charge is -2.09. The molecule has 1 nitrogen and oxygen atoms in total. The van der Waals surface area contributed by atoms with E-state index in [1.54, 1.807) is 11.3 Å². The summed E-state index contributed by atoms with van der Waals surface area (Å²) in [6.07, 6.45) is 7.50. The number of aryl methyl sites for hydroxylation is 1. The Balaban J connectivity index is 2.23. The minimum atomic E-state index is 1.18. The fraction of sp³-hybridized carbons (Fsp3) is 0.500. The Hall–Kier alpha value is -0.630. The van der Waals surface area contributed by atoms with Crippen LogP contribution in [0, 0.1) is 6.92 Å². The second-order valence-electron chi connectivity index (χ2n) is 3.23. The van der Waals surface area contributed by atoms with Gasteiger partial charge in [-0.05, 0) is 38.2 Å². The second-order valence-corrected chi connectivity index (χ2v) is 4.29. The molecule has 0 bridgehead atoms. The first-order valence-electron chi connectivity index (χ1n) is 4.48. The van der Waals surface area contributed by atoms with Crippen LogP contribution in [-0.2, 0) is 0 Å². The fourth-order valence-electron chi connectivity index (χ4n) is 1.58. The third kappa shape index (κ3) is 1.58. The van der Waals surface area contributed by atoms with E-state index in [4.69, 9.17) is 0 Å². The van der Waals surface area contributed by atoms with E-state index in [0.29, 0.717) is 0 Å². The Labute approximate surface area is 77.2 Å². The Morgan fingerprint density at radius 1 is 1.42 bits per heavy atom. The molecule has 0 spiro atoms. The summed E-state index contributed by atoms with van der Waals surface area (Å²) in [5, 5.41) is 3.35. The summed E-state index contributed by atoms with van der Waals surface area (Å²) in [4.78, 5) is 4.48. The summed E-state index contributed by atoms with van der Waals surface area (Å²) >= 11 is 1.75. The number of hydrogen-bond acceptors (Lipinski definition) is 2. The van der Waals surface area contributed by atoms with Gasteiger partial charge in [0.1, 0.15) is 0 Å². The Morgan fingerprint density at radius 3 is 2.92 bits per heavy atom. The molecule has 0 saturated heterocycles. The summed E-state index contributed by atoms with van der Waals surface area (Å²) in [5.41, 5.74) is 2.68. The average molecular weight is 179 g/mol. The summed E-state index contributed by atoms with van der Waals surface area (Å²) in [5.74, 6) is 0. The number of hydrogen-bond donors (Lipinski definition) is 0. The highest BCUT2D eigenvalue weighted by atomic mass is 32.1. The maximum absolute atomic E-state index is 4.48. The first-order valence-corrected chi connectivity index (χ1v) is 5.36. The molecule has 1 aliphatic rings. The van der Waals surface area contributed by atoms with E-state index >= 15 is 0 Å². The monoisotopic (exact) mass is 179 g/mol. The molecule has 0 amide bonds. The molecule has 2 heteroatoms. The van der Waals surface area contributed by atoms with Crippen LogP contribution in [0.5, 0.6) is 0 Å². The normalized spacial score (nSPS) is 17.6. The molecule has 0 aromatic carbocycles. The van der Waals surface area contributed by atoms with Gasteiger partial charge in [0.15, 0.2) is 0 Å². The topological polar surface area (TPSA) is 12.9 Å². The van der Waals surface area contributed by atoms with Gasteiger partial charge < -0.3 is 0 Å². The minimum Gasteiger partial charge on any atom is -0.242 e. The molecule has 0 fully saturated rings. The zero-order valence-electron chi connectivity index (χ0n) is 7.34. The zero-order valence-corrected chi connectivity index (χ0v) is 8.16. The third-order valence-corrected chi connectivity index (χ3v) is 3.01. The van der Waals surface area contributed by atoms with Gasteiger partial charge in [-0.25, -0.2) is 4.98 Å². The predicted molar refractivity (Wildman–Crippen MR) is 53.3 cm³/mol. The van der Waals surface area contributed by atoms with Crippen LogP contribution >= 0.6 is 11.3 Å².